The van der Waals surface area contributed by atoms with Crippen LogP contribution in [0.25, 0.3) is 0 Å². The Morgan fingerprint density at radius 3 is 2.64 bits per heavy atom. The monoisotopic (exact) mass is 381 g/mol. The molecule has 0 aromatic heterocycles. The van der Waals surface area contributed by atoms with Gasteiger partial charge >= 0.3 is 0 Å². The molecule has 2 aromatic carbocycles. The first-order valence-electron chi connectivity index (χ1n) is 9.02. The predicted molar refractivity (Wildman–Crippen MR) is 108 cm³/mol. The van der Waals surface area contributed by atoms with E-state index in [-0.39, 0.29) is 11.3 Å². The van der Waals surface area contributed by atoms with E-state index in [1.54, 1.807) is 0 Å². The van der Waals surface area contributed by atoms with Crippen molar-refractivity contribution in [2.24, 2.45) is 4.99 Å². The largest absolute Gasteiger partial charge is 0.361 e. The zero-order chi connectivity index (χ0) is 20.1. The van der Waals surface area contributed by atoms with Crippen molar-refractivity contribution in [1.29, 1.82) is 0 Å². The normalized spacial score (nSPS) is 16.2. The van der Waals surface area contributed by atoms with Crippen molar-refractivity contribution in [1.82, 2.24) is 15.1 Å². The van der Waals surface area contributed by atoms with Crippen LogP contribution in [0.15, 0.2) is 53.5 Å². The van der Waals surface area contributed by atoms with E-state index in [4.69, 9.17) is 0 Å². The minimum absolute atomic E-state index is 0.136. The van der Waals surface area contributed by atoms with E-state index >= 15 is 0 Å². The molecule has 0 atom stereocenters. The first kappa shape index (κ1) is 19.5. The number of amidine groups is 1. The molecule has 8 nitrogen and oxygen atoms in total. The highest BCUT2D eigenvalue weighted by molar-refractivity contribution is 6.01. The van der Waals surface area contributed by atoms with Gasteiger partial charge in [-0.25, -0.2) is 4.99 Å². The summed E-state index contributed by atoms with van der Waals surface area (Å²) in [6.07, 6.45) is 0. The van der Waals surface area contributed by atoms with Gasteiger partial charge in [0.2, 0.25) is 0 Å². The number of nitrogens with one attached hydrogen (secondary N) is 1. The Kier molecular flexibility index (Phi) is 6.00. The number of piperazine rings is 1. The number of non-ortho nitro benzene ring substituents is 1. The van der Waals surface area contributed by atoms with Crippen LogP contribution >= 0.6 is 0 Å². The number of likely N-dealkylation sites (N-methyl/N-ethyl adjacent to an activating group) is 2. The first-order valence-corrected chi connectivity index (χ1v) is 9.02. The Labute approximate surface area is 163 Å². The van der Waals surface area contributed by atoms with Gasteiger partial charge in [0.25, 0.3) is 11.6 Å². The Morgan fingerprint density at radius 1 is 1.18 bits per heavy atom. The second-order valence-corrected chi connectivity index (χ2v) is 6.81. The van der Waals surface area contributed by atoms with Crippen molar-refractivity contribution in [3.63, 3.8) is 0 Å². The molecule has 1 heterocycles. The minimum Gasteiger partial charge on any atom is -0.361 e. The van der Waals surface area contributed by atoms with Gasteiger partial charge < -0.3 is 10.2 Å². The number of amides is 1. The molecule has 0 spiro atoms. The summed E-state index contributed by atoms with van der Waals surface area (Å²) < 4.78 is 0. The molecule has 1 fully saturated rings. The molecule has 1 amide bonds. The molecule has 28 heavy (non-hydrogen) atoms. The predicted octanol–water partition coefficient (Wildman–Crippen LogP) is 2.43. The summed E-state index contributed by atoms with van der Waals surface area (Å²) in [6, 6.07) is 13.7. The average Bonchev–Trinajstić information content (AvgIpc) is 2.70. The lowest BCUT2D eigenvalue weighted by atomic mass is 10.1. The fourth-order valence-electron chi connectivity index (χ4n) is 2.94. The number of carbonyl (C=O) groups excluding carboxylic acids is 1. The van der Waals surface area contributed by atoms with E-state index < -0.39 is 10.8 Å². The van der Waals surface area contributed by atoms with Gasteiger partial charge in [-0.05, 0) is 18.7 Å². The lowest BCUT2D eigenvalue weighted by molar-refractivity contribution is -0.384. The van der Waals surface area contributed by atoms with Crippen LogP contribution < -0.4 is 5.32 Å². The Bertz CT molecular complexity index is 898. The van der Waals surface area contributed by atoms with E-state index in [2.05, 4.69) is 15.2 Å². The highest BCUT2D eigenvalue weighted by Gasteiger charge is 2.20. The Hall–Kier alpha value is -3.26. The third kappa shape index (κ3) is 4.72. The van der Waals surface area contributed by atoms with Gasteiger partial charge in [0.05, 0.1) is 22.7 Å². The summed E-state index contributed by atoms with van der Waals surface area (Å²) in [5.41, 5.74) is 1.43. The van der Waals surface area contributed by atoms with Gasteiger partial charge in [0.1, 0.15) is 5.84 Å². The van der Waals surface area contributed by atoms with Gasteiger partial charge in [-0.3, -0.25) is 19.8 Å². The lowest BCUT2D eigenvalue weighted by Gasteiger charge is -2.32. The molecule has 2 aromatic rings. The zero-order valence-electron chi connectivity index (χ0n) is 16.0. The van der Waals surface area contributed by atoms with Gasteiger partial charge in [0.15, 0.2) is 0 Å². The SMILES string of the molecule is CN1CCN(C)/C(=N\c2ccc([N+](=O)[O-])cc2C(=O)NCc2ccccc2)C1. The number of nitrogens with zero attached hydrogens (tertiary/aromatic N) is 4. The number of benzene rings is 2. The Balaban J connectivity index is 1.89. The van der Waals surface area contributed by atoms with Crippen molar-refractivity contribution in [3.8, 4) is 0 Å². The molecule has 146 valence electrons. The molecule has 1 saturated heterocycles. The molecule has 8 heteroatoms. The molecule has 1 N–H and O–H groups in total. The highest BCUT2D eigenvalue weighted by Crippen LogP contribution is 2.25. The molecule has 3 rings (SSSR count). The number of hydrogen-bond acceptors (Lipinski definition) is 5. The van der Waals surface area contributed by atoms with Crippen LogP contribution in [0.3, 0.4) is 0 Å². The van der Waals surface area contributed by atoms with Crippen LogP contribution in [0.5, 0.6) is 0 Å². The van der Waals surface area contributed by atoms with Crippen LogP contribution in [0.1, 0.15) is 15.9 Å². The molecule has 0 radical (unpaired) electrons. The fourth-order valence-corrected chi connectivity index (χ4v) is 2.94. The number of nitro groups is 1. The Morgan fingerprint density at radius 2 is 1.93 bits per heavy atom. The number of nitro benzene ring substituents is 1. The summed E-state index contributed by atoms with van der Waals surface area (Å²) >= 11 is 0. The van der Waals surface area contributed by atoms with Crippen LogP contribution in [0.2, 0.25) is 0 Å². The molecular formula is C20H23N5O3. The van der Waals surface area contributed by atoms with Crippen LogP contribution in [-0.4, -0.2) is 60.2 Å². The van der Waals surface area contributed by atoms with Crippen molar-refractivity contribution in [3.05, 3.63) is 69.8 Å². The zero-order valence-corrected chi connectivity index (χ0v) is 16.0. The fraction of sp³-hybridized carbons (Fsp3) is 0.300. The third-order valence-electron chi connectivity index (χ3n) is 4.65. The molecule has 0 aliphatic carbocycles. The standard InChI is InChI=1S/C20H23N5O3/c1-23-10-11-24(2)19(14-23)22-18-9-8-16(25(27)28)12-17(18)20(26)21-13-15-6-4-3-5-7-15/h3-9,12H,10-11,13-14H2,1-2H3,(H,21,26)/b22-19-. The van der Waals surface area contributed by atoms with Gasteiger partial charge in [-0.1, -0.05) is 30.3 Å². The van der Waals surface area contributed by atoms with Gasteiger partial charge in [-0.2, -0.15) is 0 Å². The van der Waals surface area contributed by atoms with E-state index in [1.165, 1.54) is 18.2 Å². The maximum Gasteiger partial charge on any atom is 0.270 e. The lowest BCUT2D eigenvalue weighted by Crippen LogP contribution is -2.46. The summed E-state index contributed by atoms with van der Waals surface area (Å²) in [5.74, 6) is 0.429. The van der Waals surface area contributed by atoms with Crippen molar-refractivity contribution in [2.75, 3.05) is 33.7 Å². The van der Waals surface area contributed by atoms with E-state index in [9.17, 15) is 14.9 Å². The highest BCUT2D eigenvalue weighted by atomic mass is 16.6. The van der Waals surface area contributed by atoms with Gasteiger partial charge in [-0.15, -0.1) is 0 Å². The summed E-state index contributed by atoms with van der Waals surface area (Å²) in [4.78, 5) is 32.3. The third-order valence-corrected chi connectivity index (χ3v) is 4.65. The summed E-state index contributed by atoms with van der Waals surface area (Å²) in [6.45, 7) is 2.75. The summed E-state index contributed by atoms with van der Waals surface area (Å²) in [5, 5.41) is 14.0. The van der Waals surface area contributed by atoms with Crippen LogP contribution in [0, 0.1) is 10.1 Å². The quantitative estimate of drug-likeness (QED) is 0.634. The number of hydrogen-bond donors (Lipinski definition) is 1. The average molecular weight is 381 g/mol. The summed E-state index contributed by atoms with van der Waals surface area (Å²) in [7, 11) is 3.96. The van der Waals surface area contributed by atoms with Crippen LogP contribution in [-0.2, 0) is 6.54 Å². The second kappa shape index (κ2) is 8.62. The topological polar surface area (TPSA) is 91.1 Å². The van der Waals surface area contributed by atoms with Crippen molar-refractivity contribution >= 4 is 23.1 Å². The number of aliphatic imine (C=N–C) groups is 1. The smallest absolute Gasteiger partial charge is 0.270 e. The van der Waals surface area contributed by atoms with E-state index in [1.807, 2.05) is 49.3 Å². The van der Waals surface area contributed by atoms with Crippen molar-refractivity contribution < 1.29 is 9.72 Å². The number of carbonyl (C=O) groups is 1. The maximum atomic E-state index is 12.8. The van der Waals surface area contributed by atoms with Crippen molar-refractivity contribution in [2.45, 2.75) is 6.54 Å². The number of rotatable bonds is 5. The minimum atomic E-state index is -0.509. The van der Waals surface area contributed by atoms with Gasteiger partial charge in [0, 0.05) is 38.8 Å². The van der Waals surface area contributed by atoms with E-state index in [0.29, 0.717) is 18.8 Å². The molecule has 0 bridgehead atoms. The first-order chi connectivity index (χ1) is 13.4. The molecule has 0 saturated carbocycles. The molecular weight excluding hydrogens is 358 g/mol. The molecule has 1 aliphatic heterocycles. The van der Waals surface area contributed by atoms with E-state index in [0.717, 1.165) is 24.5 Å². The van der Waals surface area contributed by atoms with Crippen LogP contribution in [0.4, 0.5) is 11.4 Å². The maximum absolute atomic E-state index is 12.8. The second-order valence-electron chi connectivity index (χ2n) is 6.81. The molecule has 0 unspecified atom stereocenters. The molecule has 1 aliphatic rings.